The molecule has 0 spiro atoms. The summed E-state index contributed by atoms with van der Waals surface area (Å²) in [6.45, 7) is 0. The molecule has 0 radical (unpaired) electrons. The zero-order valence-electron chi connectivity index (χ0n) is 8.98. The molecule has 0 fully saturated rings. The van der Waals surface area contributed by atoms with Crippen LogP contribution < -0.4 is 4.74 Å². The van der Waals surface area contributed by atoms with Crippen molar-refractivity contribution < 1.29 is 14.6 Å². The molecule has 0 saturated heterocycles. The van der Waals surface area contributed by atoms with Crippen LogP contribution in [0.4, 0.5) is 0 Å². The van der Waals surface area contributed by atoms with Gasteiger partial charge in [-0.05, 0) is 6.07 Å². The molecule has 1 aromatic carbocycles. The van der Waals surface area contributed by atoms with Gasteiger partial charge in [0.2, 0.25) is 12.0 Å². The normalized spacial score (nSPS) is 11.8. The fourth-order valence-electron chi connectivity index (χ4n) is 1.43. The number of hydrogen-bond acceptors (Lipinski definition) is 3. The van der Waals surface area contributed by atoms with E-state index in [9.17, 15) is 4.79 Å². The molecule has 4 heteroatoms. The molecule has 0 aliphatic carbocycles. The second kappa shape index (κ2) is 5.12. The summed E-state index contributed by atoms with van der Waals surface area (Å²) in [5.41, 5.74) is 0.589. The zero-order valence-corrected chi connectivity index (χ0v) is 8.98. The number of aromatic nitrogens is 1. The van der Waals surface area contributed by atoms with Crippen molar-refractivity contribution in [3.05, 3.63) is 60.3 Å². The molecule has 1 unspecified atom stereocenters. The smallest absolute Gasteiger partial charge is 0.349 e. The van der Waals surface area contributed by atoms with Gasteiger partial charge in [-0.15, -0.1) is 0 Å². The van der Waals surface area contributed by atoms with Gasteiger partial charge < -0.3 is 9.84 Å². The van der Waals surface area contributed by atoms with Crippen molar-refractivity contribution >= 4 is 5.97 Å². The van der Waals surface area contributed by atoms with Crippen molar-refractivity contribution in [1.82, 2.24) is 4.98 Å². The lowest BCUT2D eigenvalue weighted by molar-refractivity contribution is -0.145. The zero-order chi connectivity index (χ0) is 12.1. The Morgan fingerprint density at radius 1 is 1.12 bits per heavy atom. The summed E-state index contributed by atoms with van der Waals surface area (Å²) in [6, 6.07) is 13.9. The van der Waals surface area contributed by atoms with Crippen molar-refractivity contribution in [2.24, 2.45) is 0 Å². The summed E-state index contributed by atoms with van der Waals surface area (Å²) in [7, 11) is 0. The van der Waals surface area contributed by atoms with Crippen LogP contribution in [0.15, 0.2) is 54.7 Å². The van der Waals surface area contributed by atoms with Crippen LogP contribution in [-0.2, 0) is 4.79 Å². The Balaban J connectivity index is 2.23. The van der Waals surface area contributed by atoms with Gasteiger partial charge in [0.05, 0.1) is 0 Å². The minimum atomic E-state index is -1.04. The number of aliphatic carboxylic acids is 1. The van der Waals surface area contributed by atoms with Crippen LogP contribution in [0.5, 0.6) is 5.88 Å². The van der Waals surface area contributed by atoms with E-state index in [-0.39, 0.29) is 0 Å². The molecule has 2 aromatic rings. The van der Waals surface area contributed by atoms with Crippen LogP contribution in [0.3, 0.4) is 0 Å². The molecule has 17 heavy (non-hydrogen) atoms. The lowest BCUT2D eigenvalue weighted by atomic mass is 10.1. The summed E-state index contributed by atoms with van der Waals surface area (Å²) in [6.07, 6.45) is 0.519. The first kappa shape index (κ1) is 11.1. The number of ether oxygens (including phenoxy) is 1. The summed E-state index contributed by atoms with van der Waals surface area (Å²) in [5, 5.41) is 9.14. The number of rotatable bonds is 4. The summed E-state index contributed by atoms with van der Waals surface area (Å²) < 4.78 is 5.35. The first-order chi connectivity index (χ1) is 8.27. The van der Waals surface area contributed by atoms with Gasteiger partial charge in [-0.25, -0.2) is 9.78 Å². The third-order valence-electron chi connectivity index (χ3n) is 2.20. The third-order valence-corrected chi connectivity index (χ3v) is 2.20. The summed E-state index contributed by atoms with van der Waals surface area (Å²) in [5.74, 6) is -0.745. The molecule has 0 amide bonds. The van der Waals surface area contributed by atoms with E-state index in [1.54, 1.807) is 48.7 Å². The highest BCUT2D eigenvalue weighted by Gasteiger charge is 2.21. The van der Waals surface area contributed by atoms with E-state index in [1.165, 1.54) is 0 Å². The monoisotopic (exact) mass is 229 g/mol. The maximum atomic E-state index is 11.2. The number of nitrogens with zero attached hydrogens (tertiary/aromatic N) is 1. The molecule has 1 N–H and O–H groups in total. The Bertz CT molecular complexity index is 485. The van der Waals surface area contributed by atoms with Crippen molar-refractivity contribution in [3.63, 3.8) is 0 Å². The highest BCUT2D eigenvalue weighted by Crippen LogP contribution is 2.19. The number of pyridine rings is 1. The SMILES string of the molecule is O=C(O)C(Oc1ccccn1)c1ccccc1. The van der Waals surface area contributed by atoms with Crippen molar-refractivity contribution in [2.75, 3.05) is 0 Å². The molecule has 1 heterocycles. The largest absolute Gasteiger partial charge is 0.478 e. The van der Waals surface area contributed by atoms with Crippen LogP contribution in [-0.4, -0.2) is 16.1 Å². The molecule has 0 aliphatic heterocycles. The molecule has 0 bridgehead atoms. The van der Waals surface area contributed by atoms with Crippen molar-refractivity contribution in [2.45, 2.75) is 6.10 Å². The number of carboxylic acids is 1. The lowest BCUT2D eigenvalue weighted by Crippen LogP contribution is -2.18. The Morgan fingerprint density at radius 3 is 2.41 bits per heavy atom. The average molecular weight is 229 g/mol. The quantitative estimate of drug-likeness (QED) is 0.873. The maximum absolute atomic E-state index is 11.2. The van der Waals surface area contributed by atoms with Gasteiger partial charge in [0.25, 0.3) is 0 Å². The molecule has 1 atom stereocenters. The van der Waals surface area contributed by atoms with Crippen molar-refractivity contribution in [1.29, 1.82) is 0 Å². The van der Waals surface area contributed by atoms with Gasteiger partial charge in [-0.1, -0.05) is 36.4 Å². The maximum Gasteiger partial charge on any atom is 0.349 e. The molecular formula is C13H11NO3. The van der Waals surface area contributed by atoms with E-state index in [4.69, 9.17) is 9.84 Å². The van der Waals surface area contributed by atoms with E-state index >= 15 is 0 Å². The molecular weight excluding hydrogens is 218 g/mol. The Hall–Kier alpha value is -2.36. The van der Waals surface area contributed by atoms with Crippen LogP contribution in [0, 0.1) is 0 Å². The second-order valence-electron chi connectivity index (χ2n) is 3.41. The Kier molecular flexibility index (Phi) is 3.35. The Morgan fingerprint density at radius 2 is 1.82 bits per heavy atom. The van der Waals surface area contributed by atoms with E-state index in [0.29, 0.717) is 11.4 Å². The number of carboxylic acid groups (broad SMARTS) is 1. The highest BCUT2D eigenvalue weighted by molar-refractivity contribution is 5.74. The van der Waals surface area contributed by atoms with Gasteiger partial charge in [-0.3, -0.25) is 0 Å². The standard InChI is InChI=1S/C13H11NO3/c15-13(16)12(10-6-2-1-3-7-10)17-11-8-4-5-9-14-11/h1-9,12H,(H,15,16). The van der Waals surface area contributed by atoms with Gasteiger partial charge in [-0.2, -0.15) is 0 Å². The van der Waals surface area contributed by atoms with Gasteiger partial charge in [0, 0.05) is 17.8 Å². The molecule has 86 valence electrons. The molecule has 0 saturated carbocycles. The van der Waals surface area contributed by atoms with E-state index in [1.807, 2.05) is 6.07 Å². The predicted molar refractivity (Wildman–Crippen MR) is 61.7 cm³/mol. The number of carbonyl (C=O) groups is 1. The topological polar surface area (TPSA) is 59.4 Å². The average Bonchev–Trinajstić information content (AvgIpc) is 2.38. The molecule has 4 nitrogen and oxygen atoms in total. The first-order valence-electron chi connectivity index (χ1n) is 5.13. The minimum absolute atomic E-state index is 0.295. The van der Waals surface area contributed by atoms with Crippen molar-refractivity contribution in [3.8, 4) is 5.88 Å². The summed E-state index contributed by atoms with van der Waals surface area (Å²) >= 11 is 0. The number of hydrogen-bond donors (Lipinski definition) is 1. The number of benzene rings is 1. The first-order valence-corrected chi connectivity index (χ1v) is 5.13. The van der Waals surface area contributed by atoms with E-state index < -0.39 is 12.1 Å². The van der Waals surface area contributed by atoms with Gasteiger partial charge in [0.1, 0.15) is 0 Å². The fourth-order valence-corrected chi connectivity index (χ4v) is 1.43. The van der Waals surface area contributed by atoms with Gasteiger partial charge in [0.15, 0.2) is 0 Å². The molecule has 1 aromatic heterocycles. The molecule has 0 aliphatic rings. The highest BCUT2D eigenvalue weighted by atomic mass is 16.5. The molecule has 2 rings (SSSR count). The predicted octanol–water partition coefficient (Wildman–Crippen LogP) is 2.29. The van der Waals surface area contributed by atoms with E-state index in [0.717, 1.165) is 0 Å². The minimum Gasteiger partial charge on any atom is -0.478 e. The third kappa shape index (κ3) is 2.81. The van der Waals surface area contributed by atoms with Gasteiger partial charge >= 0.3 is 5.97 Å². The fraction of sp³-hybridized carbons (Fsp3) is 0.0769. The lowest BCUT2D eigenvalue weighted by Gasteiger charge is -2.14. The second-order valence-corrected chi connectivity index (χ2v) is 3.41. The Labute approximate surface area is 98.5 Å². The van der Waals surface area contributed by atoms with Crippen LogP contribution in [0.1, 0.15) is 11.7 Å². The summed E-state index contributed by atoms with van der Waals surface area (Å²) in [4.78, 5) is 15.1. The van der Waals surface area contributed by atoms with Crippen LogP contribution in [0.2, 0.25) is 0 Å². The van der Waals surface area contributed by atoms with Crippen LogP contribution >= 0.6 is 0 Å². The van der Waals surface area contributed by atoms with E-state index in [2.05, 4.69) is 4.98 Å². The van der Waals surface area contributed by atoms with Crippen LogP contribution in [0.25, 0.3) is 0 Å².